The SMILES string of the molecule is Cn1ccnc1CCC(Cc1ccc(F)cc1)NN. The number of aromatic nitrogens is 2. The Kier molecular flexibility index (Phi) is 4.65. The molecule has 0 radical (unpaired) electrons. The Balaban J connectivity index is 1.90. The molecule has 0 aliphatic heterocycles. The minimum Gasteiger partial charge on any atom is -0.338 e. The largest absolute Gasteiger partial charge is 0.338 e. The van der Waals surface area contributed by atoms with Gasteiger partial charge in [-0.25, -0.2) is 9.37 Å². The average molecular weight is 262 g/mol. The van der Waals surface area contributed by atoms with Crippen LogP contribution in [-0.2, 0) is 19.9 Å². The first-order valence-corrected chi connectivity index (χ1v) is 6.36. The number of hydrogen-bond donors (Lipinski definition) is 2. The molecule has 0 aliphatic carbocycles. The second-order valence-corrected chi connectivity index (χ2v) is 4.69. The number of hydrazine groups is 1. The van der Waals surface area contributed by atoms with E-state index in [4.69, 9.17) is 5.84 Å². The van der Waals surface area contributed by atoms with Gasteiger partial charge in [-0.15, -0.1) is 0 Å². The number of imidazole rings is 1. The van der Waals surface area contributed by atoms with Crippen molar-refractivity contribution in [3.8, 4) is 0 Å². The molecule has 102 valence electrons. The molecule has 2 rings (SSSR count). The lowest BCUT2D eigenvalue weighted by Crippen LogP contribution is -2.37. The van der Waals surface area contributed by atoms with Crippen molar-refractivity contribution in [2.75, 3.05) is 0 Å². The van der Waals surface area contributed by atoms with Crippen LogP contribution in [-0.4, -0.2) is 15.6 Å². The summed E-state index contributed by atoms with van der Waals surface area (Å²) < 4.78 is 14.8. The van der Waals surface area contributed by atoms with Gasteiger partial charge < -0.3 is 4.57 Å². The van der Waals surface area contributed by atoms with Crippen LogP contribution in [0, 0.1) is 5.82 Å². The average Bonchev–Trinajstić information content (AvgIpc) is 2.82. The molecule has 0 amide bonds. The molecular formula is C14H19FN4. The Bertz CT molecular complexity index is 506. The van der Waals surface area contributed by atoms with Crippen LogP contribution in [0.2, 0.25) is 0 Å². The van der Waals surface area contributed by atoms with Gasteiger partial charge in [0.05, 0.1) is 0 Å². The molecule has 0 spiro atoms. The van der Waals surface area contributed by atoms with Crippen LogP contribution in [0.3, 0.4) is 0 Å². The molecule has 4 nitrogen and oxygen atoms in total. The number of hydrogen-bond acceptors (Lipinski definition) is 3. The van der Waals surface area contributed by atoms with E-state index in [2.05, 4.69) is 10.4 Å². The van der Waals surface area contributed by atoms with Crippen molar-refractivity contribution in [1.29, 1.82) is 0 Å². The number of rotatable bonds is 6. The molecule has 1 aromatic heterocycles. The number of benzene rings is 1. The van der Waals surface area contributed by atoms with Crippen LogP contribution in [0.1, 0.15) is 17.8 Å². The highest BCUT2D eigenvalue weighted by molar-refractivity contribution is 5.17. The highest BCUT2D eigenvalue weighted by Gasteiger charge is 2.10. The van der Waals surface area contributed by atoms with Gasteiger partial charge >= 0.3 is 0 Å². The lowest BCUT2D eigenvalue weighted by molar-refractivity contribution is 0.483. The Labute approximate surface area is 112 Å². The van der Waals surface area contributed by atoms with Gasteiger partial charge in [-0.3, -0.25) is 11.3 Å². The predicted octanol–water partition coefficient (Wildman–Crippen LogP) is 1.57. The van der Waals surface area contributed by atoms with Crippen LogP contribution < -0.4 is 11.3 Å². The molecule has 1 aromatic carbocycles. The summed E-state index contributed by atoms with van der Waals surface area (Å²) in [5.41, 5.74) is 3.89. The van der Waals surface area contributed by atoms with E-state index in [0.29, 0.717) is 0 Å². The van der Waals surface area contributed by atoms with Crippen LogP contribution in [0.4, 0.5) is 4.39 Å². The van der Waals surface area contributed by atoms with Crippen LogP contribution in [0.15, 0.2) is 36.7 Å². The topological polar surface area (TPSA) is 55.9 Å². The summed E-state index contributed by atoms with van der Waals surface area (Å²) in [5, 5.41) is 0. The first-order valence-electron chi connectivity index (χ1n) is 6.36. The maximum absolute atomic E-state index is 12.8. The van der Waals surface area contributed by atoms with Crippen LogP contribution in [0.25, 0.3) is 0 Å². The molecule has 0 bridgehead atoms. The Morgan fingerprint density at radius 2 is 2.11 bits per heavy atom. The zero-order valence-electron chi connectivity index (χ0n) is 11.0. The molecule has 0 saturated carbocycles. The van der Waals surface area contributed by atoms with Crippen molar-refractivity contribution in [2.24, 2.45) is 12.9 Å². The van der Waals surface area contributed by atoms with E-state index >= 15 is 0 Å². The highest BCUT2D eigenvalue weighted by Crippen LogP contribution is 2.09. The summed E-state index contributed by atoms with van der Waals surface area (Å²) in [6.07, 6.45) is 6.25. The molecule has 3 N–H and O–H groups in total. The molecule has 2 aromatic rings. The van der Waals surface area contributed by atoms with E-state index in [1.807, 2.05) is 17.8 Å². The molecule has 0 saturated heterocycles. The number of nitrogens with one attached hydrogen (secondary N) is 1. The van der Waals surface area contributed by atoms with Gasteiger partial charge in [-0.2, -0.15) is 0 Å². The molecule has 5 heteroatoms. The second-order valence-electron chi connectivity index (χ2n) is 4.69. The number of nitrogens with zero attached hydrogens (tertiary/aromatic N) is 2. The van der Waals surface area contributed by atoms with Gasteiger partial charge in [0.15, 0.2) is 0 Å². The normalized spacial score (nSPS) is 12.6. The van der Waals surface area contributed by atoms with Gasteiger partial charge in [0, 0.05) is 31.9 Å². The van der Waals surface area contributed by atoms with E-state index in [-0.39, 0.29) is 11.9 Å². The lowest BCUT2D eigenvalue weighted by Gasteiger charge is -2.15. The van der Waals surface area contributed by atoms with Crippen molar-refractivity contribution in [3.63, 3.8) is 0 Å². The second kappa shape index (κ2) is 6.45. The van der Waals surface area contributed by atoms with Gasteiger partial charge in [0.2, 0.25) is 0 Å². The fraction of sp³-hybridized carbons (Fsp3) is 0.357. The molecule has 1 unspecified atom stereocenters. The van der Waals surface area contributed by atoms with Crippen molar-refractivity contribution >= 4 is 0 Å². The van der Waals surface area contributed by atoms with E-state index in [1.165, 1.54) is 12.1 Å². The number of nitrogens with two attached hydrogens (primary N) is 1. The third-order valence-electron chi connectivity index (χ3n) is 3.27. The molecular weight excluding hydrogens is 243 g/mol. The van der Waals surface area contributed by atoms with Crippen molar-refractivity contribution < 1.29 is 4.39 Å². The number of halogens is 1. The van der Waals surface area contributed by atoms with Crippen molar-refractivity contribution in [2.45, 2.75) is 25.3 Å². The molecule has 0 fully saturated rings. The minimum atomic E-state index is -0.214. The summed E-state index contributed by atoms with van der Waals surface area (Å²) in [4.78, 5) is 4.29. The summed E-state index contributed by atoms with van der Waals surface area (Å²) in [6, 6.07) is 6.69. The standard InChI is InChI=1S/C14H19FN4/c1-19-9-8-17-14(19)7-6-13(18-16)10-11-2-4-12(15)5-3-11/h2-5,8-9,13,18H,6-7,10,16H2,1H3. The van der Waals surface area contributed by atoms with Crippen LogP contribution >= 0.6 is 0 Å². The third-order valence-corrected chi connectivity index (χ3v) is 3.27. The van der Waals surface area contributed by atoms with Gasteiger partial charge in [-0.05, 0) is 30.5 Å². The van der Waals surface area contributed by atoms with E-state index in [1.54, 1.807) is 18.3 Å². The fourth-order valence-electron chi connectivity index (χ4n) is 2.09. The maximum atomic E-state index is 12.8. The Hall–Kier alpha value is -1.72. The summed E-state index contributed by atoms with van der Waals surface area (Å²) >= 11 is 0. The quantitative estimate of drug-likeness (QED) is 0.613. The fourth-order valence-corrected chi connectivity index (χ4v) is 2.09. The van der Waals surface area contributed by atoms with Crippen molar-refractivity contribution in [3.05, 3.63) is 53.9 Å². The predicted molar refractivity (Wildman–Crippen MR) is 72.7 cm³/mol. The molecule has 0 aliphatic rings. The van der Waals surface area contributed by atoms with E-state index < -0.39 is 0 Å². The van der Waals surface area contributed by atoms with Crippen LogP contribution in [0.5, 0.6) is 0 Å². The van der Waals surface area contributed by atoms with Gasteiger partial charge in [-0.1, -0.05) is 12.1 Å². The zero-order valence-corrected chi connectivity index (χ0v) is 11.0. The van der Waals surface area contributed by atoms with E-state index in [0.717, 1.165) is 30.7 Å². The first kappa shape index (κ1) is 13.7. The Morgan fingerprint density at radius 1 is 1.37 bits per heavy atom. The summed E-state index contributed by atoms with van der Waals surface area (Å²) in [7, 11) is 1.98. The monoisotopic (exact) mass is 262 g/mol. The maximum Gasteiger partial charge on any atom is 0.123 e. The minimum absolute atomic E-state index is 0.155. The smallest absolute Gasteiger partial charge is 0.123 e. The zero-order chi connectivity index (χ0) is 13.7. The molecule has 1 heterocycles. The van der Waals surface area contributed by atoms with Crippen molar-refractivity contribution in [1.82, 2.24) is 15.0 Å². The Morgan fingerprint density at radius 3 is 2.68 bits per heavy atom. The summed E-state index contributed by atoms with van der Waals surface area (Å²) in [5.74, 6) is 6.40. The van der Waals surface area contributed by atoms with Gasteiger partial charge in [0.1, 0.15) is 11.6 Å². The first-order chi connectivity index (χ1) is 9.19. The van der Waals surface area contributed by atoms with Gasteiger partial charge in [0.25, 0.3) is 0 Å². The van der Waals surface area contributed by atoms with E-state index in [9.17, 15) is 4.39 Å². The number of aryl methyl sites for hydroxylation is 2. The molecule has 19 heavy (non-hydrogen) atoms. The lowest BCUT2D eigenvalue weighted by atomic mass is 10.0. The molecule has 1 atom stereocenters. The third kappa shape index (κ3) is 3.87. The highest BCUT2D eigenvalue weighted by atomic mass is 19.1. The summed E-state index contributed by atoms with van der Waals surface area (Å²) in [6.45, 7) is 0.